The van der Waals surface area contributed by atoms with E-state index < -0.39 is 0 Å². The van der Waals surface area contributed by atoms with Crippen LogP contribution >= 0.6 is 0 Å². The van der Waals surface area contributed by atoms with Gasteiger partial charge in [0.05, 0.1) is 0 Å². The molecule has 0 nitrogen and oxygen atoms in total. The Labute approximate surface area is 153 Å². The lowest BCUT2D eigenvalue weighted by Gasteiger charge is -2.38. The zero-order chi connectivity index (χ0) is 17.8. The van der Waals surface area contributed by atoms with Gasteiger partial charge < -0.3 is 0 Å². The molecule has 25 heavy (non-hydrogen) atoms. The molecular weight excluding hydrogens is 307 g/mol. The lowest BCUT2D eigenvalue weighted by Crippen LogP contribution is -2.25. The maximum Gasteiger partial charge on any atom is 0.129 e. The van der Waals surface area contributed by atoms with E-state index in [1.54, 1.807) is 0 Å². The quantitative estimate of drug-likeness (QED) is 0.497. The Morgan fingerprint density at radius 1 is 0.880 bits per heavy atom. The second-order valence-corrected chi connectivity index (χ2v) is 8.67. The Hall–Kier alpha value is -1.11. The van der Waals surface area contributed by atoms with Crippen molar-refractivity contribution in [3.05, 3.63) is 46.8 Å². The minimum absolute atomic E-state index is 0.0212. The molecule has 2 saturated carbocycles. The maximum absolute atomic E-state index is 13.9. The number of hydrogen-bond donors (Lipinski definition) is 0. The molecule has 2 fully saturated rings. The molecule has 3 rings (SSSR count). The number of halogens is 1. The fourth-order valence-electron chi connectivity index (χ4n) is 5.36. The van der Waals surface area contributed by atoms with E-state index in [1.807, 2.05) is 13.8 Å². The van der Waals surface area contributed by atoms with Gasteiger partial charge in [0, 0.05) is 0 Å². The summed E-state index contributed by atoms with van der Waals surface area (Å²) >= 11 is 0. The van der Waals surface area contributed by atoms with Gasteiger partial charge in [-0.25, -0.2) is 4.39 Å². The van der Waals surface area contributed by atoms with Crippen molar-refractivity contribution in [3.63, 3.8) is 0 Å². The molecule has 1 aromatic carbocycles. The minimum Gasteiger partial charge on any atom is -0.206 e. The SMILES string of the molecule is CC=CCC1CCC(C2CCC(c3cc(C)c(F)c(C)c3)CC2)CC1. The van der Waals surface area contributed by atoms with Gasteiger partial charge in [-0.15, -0.1) is 0 Å². The van der Waals surface area contributed by atoms with Crippen LogP contribution in [-0.4, -0.2) is 0 Å². The molecule has 0 atom stereocenters. The first-order valence-corrected chi connectivity index (χ1v) is 10.5. The fraction of sp³-hybridized carbons (Fsp3) is 0.667. The van der Waals surface area contributed by atoms with E-state index >= 15 is 0 Å². The molecule has 0 saturated heterocycles. The Balaban J connectivity index is 1.51. The van der Waals surface area contributed by atoms with E-state index in [-0.39, 0.29) is 5.82 Å². The molecule has 1 aromatic rings. The number of benzene rings is 1. The van der Waals surface area contributed by atoms with Crippen LogP contribution in [0.3, 0.4) is 0 Å². The van der Waals surface area contributed by atoms with Crippen molar-refractivity contribution < 1.29 is 4.39 Å². The van der Waals surface area contributed by atoms with Crippen molar-refractivity contribution in [2.24, 2.45) is 17.8 Å². The van der Waals surface area contributed by atoms with Gasteiger partial charge in [0.2, 0.25) is 0 Å². The summed E-state index contributed by atoms with van der Waals surface area (Å²) in [5.74, 6) is 3.49. The monoisotopic (exact) mass is 342 g/mol. The summed E-state index contributed by atoms with van der Waals surface area (Å²) in [7, 11) is 0. The summed E-state index contributed by atoms with van der Waals surface area (Å²) in [5.41, 5.74) is 3.01. The van der Waals surface area contributed by atoms with Gasteiger partial charge in [0.15, 0.2) is 0 Å². The van der Waals surface area contributed by atoms with E-state index in [2.05, 4.69) is 31.2 Å². The van der Waals surface area contributed by atoms with Gasteiger partial charge in [0.1, 0.15) is 5.82 Å². The number of rotatable bonds is 4. The van der Waals surface area contributed by atoms with Crippen molar-refractivity contribution >= 4 is 0 Å². The molecule has 2 aliphatic rings. The molecule has 0 N–H and O–H groups in total. The third-order valence-electron chi connectivity index (χ3n) is 6.97. The highest BCUT2D eigenvalue weighted by Gasteiger charge is 2.31. The highest BCUT2D eigenvalue weighted by atomic mass is 19.1. The summed E-state index contributed by atoms with van der Waals surface area (Å²) in [6.45, 7) is 5.95. The first-order valence-electron chi connectivity index (χ1n) is 10.5. The van der Waals surface area contributed by atoms with Crippen LogP contribution in [0.5, 0.6) is 0 Å². The molecule has 0 aliphatic heterocycles. The standard InChI is InChI=1S/C24H35F/c1-4-5-6-19-7-9-20(10-8-19)21-11-13-22(14-12-21)23-15-17(2)24(25)18(3)16-23/h4-5,15-16,19-22H,6-14H2,1-3H3. The molecule has 0 radical (unpaired) electrons. The van der Waals surface area contributed by atoms with Crippen LogP contribution < -0.4 is 0 Å². The average molecular weight is 343 g/mol. The van der Waals surface area contributed by atoms with Gasteiger partial charge in [-0.1, -0.05) is 24.3 Å². The topological polar surface area (TPSA) is 0 Å². The molecule has 2 aliphatic carbocycles. The van der Waals surface area contributed by atoms with Crippen molar-refractivity contribution in [2.75, 3.05) is 0 Å². The van der Waals surface area contributed by atoms with Gasteiger partial charge >= 0.3 is 0 Å². The van der Waals surface area contributed by atoms with E-state index in [9.17, 15) is 4.39 Å². The minimum atomic E-state index is -0.0212. The first kappa shape index (κ1) is 18.7. The highest BCUT2D eigenvalue weighted by Crippen LogP contribution is 2.44. The first-order chi connectivity index (χ1) is 12.1. The molecule has 0 heterocycles. The maximum atomic E-state index is 13.9. The second kappa shape index (κ2) is 8.52. The predicted molar refractivity (Wildman–Crippen MR) is 105 cm³/mol. The summed E-state index contributed by atoms with van der Waals surface area (Å²) in [6, 6.07) is 4.19. The molecular formula is C24H35F. The van der Waals surface area contributed by atoms with Crippen LogP contribution in [0, 0.1) is 37.4 Å². The summed E-state index contributed by atoms with van der Waals surface area (Å²) in [6.07, 6.45) is 17.0. The zero-order valence-corrected chi connectivity index (χ0v) is 16.4. The lowest BCUT2D eigenvalue weighted by molar-refractivity contribution is 0.160. The molecule has 0 unspecified atom stereocenters. The fourth-order valence-corrected chi connectivity index (χ4v) is 5.36. The Kier molecular flexibility index (Phi) is 6.36. The second-order valence-electron chi connectivity index (χ2n) is 8.67. The van der Waals surface area contributed by atoms with Gasteiger partial charge in [-0.05, 0) is 119 Å². The zero-order valence-electron chi connectivity index (χ0n) is 16.4. The number of allylic oxidation sites excluding steroid dienone is 2. The number of aryl methyl sites for hydroxylation is 2. The molecule has 0 amide bonds. The normalized spacial score (nSPS) is 30.7. The van der Waals surface area contributed by atoms with E-state index in [0.717, 1.165) is 28.9 Å². The van der Waals surface area contributed by atoms with Crippen LogP contribution in [-0.2, 0) is 0 Å². The Bertz CT molecular complexity index is 561. The third kappa shape index (κ3) is 4.54. The van der Waals surface area contributed by atoms with Crippen LogP contribution in [0.1, 0.15) is 87.3 Å². The molecule has 0 aromatic heterocycles. The predicted octanol–water partition coefficient (Wildman–Crippen LogP) is 7.49. The van der Waals surface area contributed by atoms with E-state index in [1.165, 1.54) is 63.4 Å². The number of hydrogen-bond acceptors (Lipinski definition) is 0. The lowest BCUT2D eigenvalue weighted by atomic mass is 9.68. The van der Waals surface area contributed by atoms with Crippen molar-refractivity contribution in [1.82, 2.24) is 0 Å². The largest absolute Gasteiger partial charge is 0.206 e. The Morgan fingerprint density at radius 2 is 1.40 bits per heavy atom. The molecule has 0 bridgehead atoms. The molecule has 0 spiro atoms. The van der Waals surface area contributed by atoms with Crippen molar-refractivity contribution in [2.45, 2.75) is 84.5 Å². The summed E-state index contributed by atoms with van der Waals surface area (Å²) in [5, 5.41) is 0. The van der Waals surface area contributed by atoms with Gasteiger partial charge in [0.25, 0.3) is 0 Å². The average Bonchev–Trinajstić information content (AvgIpc) is 2.64. The van der Waals surface area contributed by atoms with Crippen LogP contribution in [0.4, 0.5) is 4.39 Å². The highest BCUT2D eigenvalue weighted by molar-refractivity contribution is 5.32. The van der Waals surface area contributed by atoms with Crippen LogP contribution in [0.15, 0.2) is 24.3 Å². The van der Waals surface area contributed by atoms with Crippen molar-refractivity contribution in [3.8, 4) is 0 Å². The van der Waals surface area contributed by atoms with E-state index in [4.69, 9.17) is 0 Å². The van der Waals surface area contributed by atoms with Crippen LogP contribution in [0.25, 0.3) is 0 Å². The molecule has 138 valence electrons. The molecule has 1 heteroatoms. The van der Waals surface area contributed by atoms with Gasteiger partial charge in [-0.2, -0.15) is 0 Å². The van der Waals surface area contributed by atoms with Crippen LogP contribution in [0.2, 0.25) is 0 Å². The Morgan fingerprint density at radius 3 is 1.92 bits per heavy atom. The van der Waals surface area contributed by atoms with E-state index in [0.29, 0.717) is 5.92 Å². The van der Waals surface area contributed by atoms with Crippen molar-refractivity contribution in [1.29, 1.82) is 0 Å². The van der Waals surface area contributed by atoms with Gasteiger partial charge in [-0.3, -0.25) is 0 Å². The summed E-state index contributed by atoms with van der Waals surface area (Å²) in [4.78, 5) is 0. The third-order valence-corrected chi connectivity index (χ3v) is 6.97. The summed E-state index contributed by atoms with van der Waals surface area (Å²) < 4.78 is 13.9. The smallest absolute Gasteiger partial charge is 0.129 e.